The third-order valence-corrected chi connectivity index (χ3v) is 13.7. The van der Waals surface area contributed by atoms with Gasteiger partial charge in [-0.2, -0.15) is 0 Å². The largest absolute Gasteiger partial charge is 0.481 e. The van der Waals surface area contributed by atoms with E-state index in [1.807, 2.05) is 27.7 Å². The summed E-state index contributed by atoms with van der Waals surface area (Å²) >= 11 is 0. The fourth-order valence-corrected chi connectivity index (χ4v) is 9.35. The number of primary amides is 3. The predicted molar refractivity (Wildman–Crippen MR) is 311 cm³/mol. The number of aliphatic imine (C=N–C) groups is 2. The van der Waals surface area contributed by atoms with Crippen molar-refractivity contribution >= 4 is 88.2 Å². The van der Waals surface area contributed by atoms with Gasteiger partial charge in [-0.05, 0) is 96.4 Å². The van der Waals surface area contributed by atoms with Crippen LogP contribution in [0.1, 0.15) is 164 Å². The molecule has 0 heterocycles. The molecule has 0 radical (unpaired) electrons. The van der Waals surface area contributed by atoms with Crippen molar-refractivity contribution in [1.82, 2.24) is 21.3 Å². The molecule has 29 nitrogen and oxygen atoms in total. The number of aliphatic hydroxyl groups excluding tert-OH is 1. The minimum atomic E-state index is -1.71. The topological polar surface area (TPSA) is 543 Å². The fraction of sp³-hybridized carbons (Fsp3) is 0.727. The summed E-state index contributed by atoms with van der Waals surface area (Å²) in [6, 6.07) is -5.70. The van der Waals surface area contributed by atoms with E-state index >= 15 is 0 Å². The Morgan fingerprint density at radius 1 is 0.440 bits per heavy atom. The average Bonchev–Trinajstić information content (AvgIpc) is 3.52. The Hall–Kier alpha value is -7.43. The highest BCUT2D eigenvalue weighted by Gasteiger charge is 2.37. The molecule has 84 heavy (non-hydrogen) atoms. The monoisotopic (exact) mass is 1190 g/mol. The third kappa shape index (κ3) is 33.6. The van der Waals surface area contributed by atoms with E-state index in [0.29, 0.717) is 19.3 Å². The molecule has 7 amide bonds. The maximum atomic E-state index is 14.5. The molecular formula is C55H96N14O15. The lowest BCUT2D eigenvalue weighted by molar-refractivity contribution is -0.142. The maximum absolute atomic E-state index is 14.5. The Balaban J connectivity index is 7.26. The van der Waals surface area contributed by atoms with Gasteiger partial charge in [-0.1, -0.05) is 34.1 Å². The Labute approximate surface area is 491 Å². The lowest BCUT2D eigenvalue weighted by Gasteiger charge is -2.27. The van der Waals surface area contributed by atoms with Crippen LogP contribution in [0.3, 0.4) is 0 Å². The SMILES string of the molecule is CC(=O)C[C@@H](CC(=O)O)C(=O)N[C@H](C(=O)C[C@@H](CCCN=C(N)N)C(=O)N[C@@H](CCC(N)=O)C(=O)C[C@@H](CCC(N)=O)C(=O)N[C@@H](CCCN=C(N)N)C(=O)C[C@@H](CCCCN)C(=O)N[C@@H](CC(C)C)C(=O)C[C@@H](CC(C)C)C(N)=O)[C@@H](C)O. The van der Waals surface area contributed by atoms with Crippen molar-refractivity contribution in [2.75, 3.05) is 19.6 Å². The molecule has 0 aliphatic rings. The molecule has 0 rings (SSSR count). The van der Waals surface area contributed by atoms with Crippen molar-refractivity contribution in [3.8, 4) is 0 Å². The van der Waals surface area contributed by atoms with E-state index in [-0.39, 0.29) is 94.8 Å². The summed E-state index contributed by atoms with van der Waals surface area (Å²) in [5.74, 6) is -17.4. The van der Waals surface area contributed by atoms with Gasteiger partial charge in [-0.25, -0.2) is 0 Å². The molecule has 0 fully saturated rings. The number of rotatable bonds is 48. The van der Waals surface area contributed by atoms with Gasteiger partial charge < -0.3 is 82.1 Å². The van der Waals surface area contributed by atoms with E-state index in [4.69, 9.17) is 45.9 Å². The van der Waals surface area contributed by atoms with E-state index < -0.39 is 187 Å². The number of nitrogens with two attached hydrogens (primary N) is 8. The first-order valence-electron chi connectivity index (χ1n) is 28.6. The summed E-state index contributed by atoms with van der Waals surface area (Å²) in [6.45, 7) is 9.95. The Bertz CT molecular complexity index is 2290. The molecule has 0 saturated carbocycles. The number of nitrogens with one attached hydrogen (secondary N) is 4. The number of ketones is 5. The number of unbranched alkanes of at least 4 members (excludes halogenated alkanes) is 1. The zero-order valence-electron chi connectivity index (χ0n) is 49.7. The number of carbonyl (C=O) groups excluding carboxylic acids is 12. The second-order valence-electron chi connectivity index (χ2n) is 22.4. The number of aliphatic hydroxyl groups is 1. The molecule has 29 heteroatoms. The first-order chi connectivity index (χ1) is 39.2. The van der Waals surface area contributed by atoms with Crippen molar-refractivity contribution < 1.29 is 72.5 Å². The van der Waals surface area contributed by atoms with Crippen LogP contribution in [0.15, 0.2) is 9.98 Å². The number of carbonyl (C=O) groups is 13. The van der Waals surface area contributed by atoms with Crippen molar-refractivity contribution in [2.45, 2.75) is 194 Å². The number of hydrogen-bond acceptors (Lipinski definition) is 17. The molecule has 0 aromatic rings. The van der Waals surface area contributed by atoms with Crippen molar-refractivity contribution in [3.63, 3.8) is 0 Å². The van der Waals surface area contributed by atoms with Crippen molar-refractivity contribution in [1.29, 1.82) is 0 Å². The molecule has 0 unspecified atom stereocenters. The minimum Gasteiger partial charge on any atom is -0.481 e. The average molecular weight is 1190 g/mol. The number of nitrogens with zero attached hydrogens (tertiary/aromatic N) is 2. The van der Waals surface area contributed by atoms with Crippen LogP contribution >= 0.6 is 0 Å². The Morgan fingerprint density at radius 3 is 1.27 bits per heavy atom. The van der Waals surface area contributed by atoms with Crippen molar-refractivity contribution in [2.24, 2.45) is 97.3 Å². The normalized spacial score (nSPS) is 14.8. The van der Waals surface area contributed by atoms with Gasteiger partial charge in [0.2, 0.25) is 41.4 Å². The van der Waals surface area contributed by atoms with Crippen LogP contribution in [0.2, 0.25) is 0 Å². The molecule has 0 spiro atoms. The van der Waals surface area contributed by atoms with Crippen LogP contribution in [0, 0.1) is 41.4 Å². The molecule has 0 bridgehead atoms. The van der Waals surface area contributed by atoms with Gasteiger partial charge in [0.15, 0.2) is 35.1 Å². The fourth-order valence-electron chi connectivity index (χ4n) is 9.35. The number of carboxylic acids is 1. The van der Waals surface area contributed by atoms with Gasteiger partial charge in [0, 0.05) is 81.7 Å². The molecule has 476 valence electrons. The second-order valence-corrected chi connectivity index (χ2v) is 22.4. The molecular weight excluding hydrogens is 1100 g/mol. The Kier molecular flexibility index (Phi) is 37.1. The van der Waals surface area contributed by atoms with Gasteiger partial charge in [0.25, 0.3) is 0 Å². The summed E-state index contributed by atoms with van der Waals surface area (Å²) < 4.78 is 0. The van der Waals surface area contributed by atoms with Crippen LogP contribution in [-0.4, -0.2) is 148 Å². The smallest absolute Gasteiger partial charge is 0.304 e. The highest BCUT2D eigenvalue weighted by Crippen LogP contribution is 2.24. The zero-order valence-corrected chi connectivity index (χ0v) is 49.7. The van der Waals surface area contributed by atoms with Gasteiger partial charge in [0.1, 0.15) is 11.8 Å². The number of guanidine groups is 2. The maximum Gasteiger partial charge on any atom is 0.304 e. The minimum absolute atomic E-state index is 0.00108. The zero-order chi connectivity index (χ0) is 64.4. The molecule has 0 aromatic heterocycles. The summed E-state index contributed by atoms with van der Waals surface area (Å²) in [7, 11) is 0. The van der Waals surface area contributed by atoms with E-state index in [1.165, 1.54) is 0 Å². The Morgan fingerprint density at radius 2 is 0.845 bits per heavy atom. The highest BCUT2D eigenvalue weighted by molar-refractivity contribution is 5.99. The lowest BCUT2D eigenvalue weighted by atomic mass is 9.87. The second kappa shape index (κ2) is 40.7. The number of hydrogen-bond donors (Lipinski definition) is 14. The molecule has 22 N–H and O–H groups in total. The first-order valence-corrected chi connectivity index (χ1v) is 28.6. The van der Waals surface area contributed by atoms with E-state index in [1.54, 1.807) is 0 Å². The summed E-state index contributed by atoms with van der Waals surface area (Å²) in [6.07, 6.45) is -5.26. The predicted octanol–water partition coefficient (Wildman–Crippen LogP) is -1.98. The van der Waals surface area contributed by atoms with Crippen LogP contribution in [0.25, 0.3) is 0 Å². The van der Waals surface area contributed by atoms with Crippen LogP contribution in [0.5, 0.6) is 0 Å². The molecule has 0 saturated heterocycles. The number of amides is 7. The third-order valence-electron chi connectivity index (χ3n) is 13.7. The highest BCUT2D eigenvalue weighted by atomic mass is 16.4. The van der Waals surface area contributed by atoms with Crippen molar-refractivity contribution in [3.05, 3.63) is 0 Å². The van der Waals surface area contributed by atoms with Gasteiger partial charge >= 0.3 is 5.97 Å². The molecule has 0 aliphatic carbocycles. The quantitative estimate of drug-likeness (QED) is 0.0178. The molecule has 0 aliphatic heterocycles. The summed E-state index contributed by atoms with van der Waals surface area (Å²) in [4.78, 5) is 181. The van der Waals surface area contributed by atoms with Gasteiger partial charge in [0.05, 0.1) is 36.6 Å². The lowest BCUT2D eigenvalue weighted by Crippen LogP contribution is -2.51. The summed E-state index contributed by atoms with van der Waals surface area (Å²) in [5.41, 5.74) is 44.4. The van der Waals surface area contributed by atoms with Crippen LogP contribution in [0.4, 0.5) is 0 Å². The summed E-state index contributed by atoms with van der Waals surface area (Å²) in [5, 5.41) is 30.3. The van der Waals surface area contributed by atoms with Crippen LogP contribution in [-0.2, 0) is 62.3 Å². The van der Waals surface area contributed by atoms with Crippen LogP contribution < -0.4 is 67.1 Å². The first kappa shape index (κ1) is 76.6. The number of carboxylic acid groups (broad SMARTS) is 1. The number of aliphatic carboxylic acids is 1. The standard InChI is InChI=1S/C55H96N14O15/c1-29(2)21-36(49(59)80)27-43(74)40(22-30(3)4)68-51(82)33(11-7-8-18-56)24-41(72)38(13-10-20-65-55(62)63)66-52(83)35(14-16-45(57)76)25-42(73)39(15-17-46(58)77)67-50(81)34(12-9-19-64-54(60)61)26-44(75)48(32(6)71)69-53(84)37(23-31(5)70)28-47(78)79/h29-30,32-40,48,71H,7-28,56H2,1-6H3,(H2,57,76)(H2,58,77)(H2,59,80)(H,66,83)(H,67,81)(H,68,82)(H,69,84)(H,78,79)(H4,60,61,64)(H4,62,63,65)/t32-,33-,34-,35-,36-,37+,38+,39+,40+,48+/m1/s1. The van der Waals surface area contributed by atoms with E-state index in [9.17, 15) is 72.5 Å². The molecule has 0 aromatic carbocycles. The van der Waals surface area contributed by atoms with Gasteiger partial charge in [-0.3, -0.25) is 67.5 Å². The van der Waals surface area contributed by atoms with Gasteiger partial charge in [-0.15, -0.1) is 0 Å². The van der Waals surface area contributed by atoms with E-state index in [0.717, 1.165) is 13.8 Å². The molecule has 10 atom stereocenters. The van der Waals surface area contributed by atoms with E-state index in [2.05, 4.69) is 31.3 Å². The number of Topliss-reactive ketones (excluding diaryl/α,β-unsaturated/α-hetero) is 5.